The van der Waals surface area contributed by atoms with Crippen LogP contribution in [0.2, 0.25) is 0 Å². The molecule has 0 aromatic heterocycles. The molecule has 0 radical (unpaired) electrons. The summed E-state index contributed by atoms with van der Waals surface area (Å²) in [6.07, 6.45) is 3.79. The highest BCUT2D eigenvalue weighted by atomic mass is 16.5. The smallest absolute Gasteiger partial charge is 0.311 e. The van der Waals surface area contributed by atoms with Gasteiger partial charge < -0.3 is 14.2 Å². The second kappa shape index (κ2) is 11.2. The van der Waals surface area contributed by atoms with Gasteiger partial charge in [0, 0.05) is 0 Å². The maximum Gasteiger partial charge on any atom is 0.311 e. The van der Waals surface area contributed by atoms with Crippen LogP contribution in [0.4, 0.5) is 0 Å². The van der Waals surface area contributed by atoms with Crippen molar-refractivity contribution in [1.29, 1.82) is 0 Å². The second-order valence-electron chi connectivity index (χ2n) is 8.05. The van der Waals surface area contributed by atoms with Gasteiger partial charge in [0.25, 0.3) is 0 Å². The van der Waals surface area contributed by atoms with Crippen LogP contribution in [0.15, 0.2) is 0 Å². The Hall–Kier alpha value is -1.59. The Morgan fingerprint density at radius 1 is 0.846 bits per heavy atom. The van der Waals surface area contributed by atoms with E-state index in [1.165, 1.54) is 14.2 Å². The average molecular weight is 373 g/mol. The van der Waals surface area contributed by atoms with Gasteiger partial charge in [-0.3, -0.25) is 14.4 Å². The predicted octanol–water partition coefficient (Wildman–Crippen LogP) is 3.90. The minimum Gasteiger partial charge on any atom is -0.469 e. The van der Waals surface area contributed by atoms with Gasteiger partial charge in [-0.05, 0) is 59.8 Å². The normalized spacial score (nSPS) is 12.0. The summed E-state index contributed by atoms with van der Waals surface area (Å²) in [7, 11) is 2.72. The molecule has 0 fully saturated rings. The third-order valence-electron chi connectivity index (χ3n) is 4.79. The van der Waals surface area contributed by atoms with Crippen molar-refractivity contribution in [2.45, 2.75) is 73.1 Å². The van der Waals surface area contributed by atoms with Crippen molar-refractivity contribution in [1.82, 2.24) is 0 Å². The Morgan fingerprint density at radius 3 is 1.62 bits per heavy atom. The fourth-order valence-corrected chi connectivity index (χ4v) is 2.64. The quantitative estimate of drug-likeness (QED) is 0.294. The van der Waals surface area contributed by atoms with Crippen molar-refractivity contribution in [3.8, 4) is 0 Å². The van der Waals surface area contributed by atoms with Crippen molar-refractivity contribution >= 4 is 17.9 Å². The molecule has 0 unspecified atom stereocenters. The molecule has 0 aromatic carbocycles. The zero-order valence-electron chi connectivity index (χ0n) is 17.5. The molecule has 0 aliphatic carbocycles. The molecule has 0 amide bonds. The van der Waals surface area contributed by atoms with Gasteiger partial charge in [0.15, 0.2) is 0 Å². The fraction of sp³-hybridized carbons (Fsp3) is 0.850. The Kier molecular flexibility index (Phi) is 10.5. The molecule has 152 valence electrons. The molecule has 0 aromatic rings. The summed E-state index contributed by atoms with van der Waals surface area (Å²) in [6, 6.07) is 0. The molecule has 0 aliphatic rings. The van der Waals surface area contributed by atoms with Gasteiger partial charge in [0.2, 0.25) is 0 Å². The van der Waals surface area contributed by atoms with Crippen LogP contribution in [-0.2, 0) is 28.6 Å². The monoisotopic (exact) mass is 372 g/mol. The molecule has 0 spiro atoms. The molecule has 0 N–H and O–H groups in total. The summed E-state index contributed by atoms with van der Waals surface area (Å²) in [5, 5.41) is 0. The number of ether oxygens (including phenoxy) is 3. The summed E-state index contributed by atoms with van der Waals surface area (Å²) < 4.78 is 15.0. The molecule has 0 heterocycles. The van der Waals surface area contributed by atoms with Crippen LogP contribution < -0.4 is 0 Å². The van der Waals surface area contributed by atoms with E-state index in [1.54, 1.807) is 27.7 Å². The Balaban J connectivity index is 4.97. The first-order chi connectivity index (χ1) is 12.0. The van der Waals surface area contributed by atoms with E-state index in [-0.39, 0.29) is 23.8 Å². The second-order valence-corrected chi connectivity index (χ2v) is 8.05. The first-order valence-electron chi connectivity index (χ1n) is 9.35. The van der Waals surface area contributed by atoms with Crippen LogP contribution in [0, 0.1) is 16.7 Å². The van der Waals surface area contributed by atoms with Gasteiger partial charge in [0.05, 0.1) is 37.6 Å². The summed E-state index contributed by atoms with van der Waals surface area (Å²) in [4.78, 5) is 36.2. The fourth-order valence-electron chi connectivity index (χ4n) is 2.64. The molecular formula is C20H36O6. The lowest BCUT2D eigenvalue weighted by Gasteiger charge is -2.26. The Bertz CT molecular complexity index is 435. The summed E-state index contributed by atoms with van der Waals surface area (Å²) in [5.74, 6) is -1.23. The summed E-state index contributed by atoms with van der Waals surface area (Å²) >= 11 is 0. The van der Waals surface area contributed by atoms with Crippen LogP contribution in [0.25, 0.3) is 0 Å². The summed E-state index contributed by atoms with van der Waals surface area (Å²) in [6.45, 7) is 9.64. The van der Waals surface area contributed by atoms with E-state index >= 15 is 0 Å². The maximum absolute atomic E-state index is 12.5. The molecule has 0 atom stereocenters. The SMILES string of the molecule is CCCCOC(=O)C(CCC(C)(C)C(=O)OC)CCC(C)(C)C(=O)OC. The van der Waals surface area contributed by atoms with Crippen molar-refractivity contribution in [2.24, 2.45) is 16.7 Å². The van der Waals surface area contributed by atoms with Gasteiger partial charge >= 0.3 is 17.9 Å². The number of esters is 3. The van der Waals surface area contributed by atoms with E-state index in [2.05, 4.69) is 0 Å². The van der Waals surface area contributed by atoms with Crippen molar-refractivity contribution in [3.63, 3.8) is 0 Å². The third-order valence-corrected chi connectivity index (χ3v) is 4.79. The first kappa shape index (κ1) is 24.4. The highest BCUT2D eigenvalue weighted by molar-refractivity contribution is 5.77. The number of methoxy groups -OCH3 is 2. The molecule has 0 bridgehead atoms. The lowest BCUT2D eigenvalue weighted by Crippen LogP contribution is -2.30. The van der Waals surface area contributed by atoms with Gasteiger partial charge in [-0.15, -0.1) is 0 Å². The number of unbranched alkanes of at least 4 members (excludes halogenated alkanes) is 1. The molecule has 6 nitrogen and oxygen atoms in total. The van der Waals surface area contributed by atoms with E-state index in [0.717, 1.165) is 12.8 Å². The Morgan fingerprint density at radius 2 is 1.27 bits per heavy atom. The summed E-state index contributed by atoms with van der Waals surface area (Å²) in [5.41, 5.74) is -1.34. The van der Waals surface area contributed by atoms with Crippen LogP contribution >= 0.6 is 0 Å². The number of hydrogen-bond acceptors (Lipinski definition) is 6. The Labute approximate surface area is 157 Å². The van der Waals surface area contributed by atoms with Gasteiger partial charge in [-0.25, -0.2) is 0 Å². The lowest BCUT2D eigenvalue weighted by molar-refractivity contribution is -0.155. The molecule has 0 saturated carbocycles. The standard InChI is InChI=1S/C20H36O6/c1-8-9-14-26-16(21)15(10-12-19(2,3)17(22)24-6)11-13-20(4,5)18(23)25-7/h15H,8-14H2,1-7H3. The van der Waals surface area contributed by atoms with E-state index in [1.807, 2.05) is 6.92 Å². The van der Waals surface area contributed by atoms with E-state index in [4.69, 9.17) is 14.2 Å². The highest BCUT2D eigenvalue weighted by Gasteiger charge is 2.34. The van der Waals surface area contributed by atoms with Crippen molar-refractivity contribution in [2.75, 3.05) is 20.8 Å². The number of rotatable bonds is 12. The topological polar surface area (TPSA) is 78.9 Å². The van der Waals surface area contributed by atoms with Gasteiger partial charge in [0.1, 0.15) is 0 Å². The van der Waals surface area contributed by atoms with Gasteiger partial charge in [-0.2, -0.15) is 0 Å². The average Bonchev–Trinajstić information content (AvgIpc) is 2.59. The zero-order chi connectivity index (χ0) is 20.4. The third kappa shape index (κ3) is 8.19. The molecule has 6 heteroatoms. The number of carbonyl (C=O) groups is 3. The zero-order valence-corrected chi connectivity index (χ0v) is 17.5. The van der Waals surface area contributed by atoms with E-state index in [0.29, 0.717) is 32.3 Å². The molecular weight excluding hydrogens is 336 g/mol. The minimum absolute atomic E-state index is 0.264. The highest BCUT2D eigenvalue weighted by Crippen LogP contribution is 2.32. The minimum atomic E-state index is -0.672. The van der Waals surface area contributed by atoms with Crippen molar-refractivity contribution in [3.05, 3.63) is 0 Å². The van der Waals surface area contributed by atoms with Gasteiger partial charge in [-0.1, -0.05) is 13.3 Å². The van der Waals surface area contributed by atoms with E-state index in [9.17, 15) is 14.4 Å². The molecule has 26 heavy (non-hydrogen) atoms. The largest absolute Gasteiger partial charge is 0.469 e. The first-order valence-corrected chi connectivity index (χ1v) is 9.35. The molecule has 0 rings (SSSR count). The number of carbonyl (C=O) groups excluding carboxylic acids is 3. The van der Waals surface area contributed by atoms with Crippen LogP contribution in [0.1, 0.15) is 73.1 Å². The van der Waals surface area contributed by atoms with Crippen LogP contribution in [0.3, 0.4) is 0 Å². The molecule has 0 saturated heterocycles. The predicted molar refractivity (Wildman–Crippen MR) is 99.4 cm³/mol. The molecule has 0 aliphatic heterocycles. The lowest BCUT2D eigenvalue weighted by atomic mass is 9.80. The van der Waals surface area contributed by atoms with Crippen LogP contribution in [-0.4, -0.2) is 38.7 Å². The maximum atomic E-state index is 12.5. The van der Waals surface area contributed by atoms with Crippen molar-refractivity contribution < 1.29 is 28.6 Å². The van der Waals surface area contributed by atoms with E-state index < -0.39 is 10.8 Å². The van der Waals surface area contributed by atoms with Crippen LogP contribution in [0.5, 0.6) is 0 Å². The number of hydrogen-bond donors (Lipinski definition) is 0.